The van der Waals surface area contributed by atoms with E-state index in [1.54, 1.807) is 12.1 Å². The maximum absolute atomic E-state index is 10.8. The van der Waals surface area contributed by atoms with Crippen LogP contribution in [0.4, 0.5) is 0 Å². The largest absolute Gasteiger partial charge is 0.302 e. The summed E-state index contributed by atoms with van der Waals surface area (Å²) in [4.78, 5) is 0.465. The van der Waals surface area contributed by atoms with Crippen LogP contribution in [0.15, 0.2) is 29.2 Å². The van der Waals surface area contributed by atoms with Gasteiger partial charge in [-0.3, -0.25) is 0 Å². The molecular weight excluding hydrogens is 250 g/mol. The predicted molar refractivity (Wildman–Crippen MR) is 54.2 cm³/mol. The van der Waals surface area contributed by atoms with Gasteiger partial charge in [-0.1, -0.05) is 32.9 Å². The van der Waals surface area contributed by atoms with Gasteiger partial charge < -0.3 is 4.55 Å². The van der Waals surface area contributed by atoms with Crippen LogP contribution < -0.4 is 0 Å². The van der Waals surface area contributed by atoms with E-state index in [1.165, 1.54) is 0 Å². The van der Waals surface area contributed by atoms with Crippen molar-refractivity contribution in [3.63, 3.8) is 0 Å². The number of benzene rings is 1. The van der Waals surface area contributed by atoms with Crippen LogP contribution in [0, 0.1) is 0 Å². The van der Waals surface area contributed by atoms with Crippen molar-refractivity contribution >= 4 is 11.1 Å². The third-order valence-corrected chi connectivity index (χ3v) is 2.56. The van der Waals surface area contributed by atoms with Gasteiger partial charge in [-0.2, -0.15) is 0 Å². The van der Waals surface area contributed by atoms with Crippen LogP contribution in [0.25, 0.3) is 0 Å². The maximum atomic E-state index is 10.8. The van der Waals surface area contributed by atoms with Crippen LogP contribution in [0.1, 0.15) is 26.3 Å². The smallest absolute Gasteiger partial charge is 0.186 e. The van der Waals surface area contributed by atoms with Crippen molar-refractivity contribution in [1.29, 1.82) is 0 Å². The average molecular weight is 264 g/mol. The Morgan fingerprint density at radius 2 is 1.86 bits per heavy atom. The van der Waals surface area contributed by atoms with Crippen LogP contribution in [0.5, 0.6) is 0 Å². The minimum atomic E-state index is -1.87. The van der Waals surface area contributed by atoms with Crippen molar-refractivity contribution in [3.05, 3.63) is 29.8 Å². The van der Waals surface area contributed by atoms with Crippen molar-refractivity contribution in [2.45, 2.75) is 31.1 Å². The topological polar surface area (TPSA) is 37.3 Å². The molecular formula is C10H14O2SZn. The Hall–Kier alpha value is -0.0466. The summed E-state index contributed by atoms with van der Waals surface area (Å²) in [6.07, 6.45) is 0. The fourth-order valence-electron chi connectivity index (χ4n) is 1.07. The molecule has 1 N–H and O–H groups in total. The van der Waals surface area contributed by atoms with Gasteiger partial charge in [0.25, 0.3) is 0 Å². The second-order valence-electron chi connectivity index (χ2n) is 4.03. The third kappa shape index (κ3) is 3.60. The first-order valence-electron chi connectivity index (χ1n) is 4.12. The predicted octanol–water partition coefficient (Wildman–Crippen LogP) is 2.56. The second-order valence-corrected chi connectivity index (χ2v) is 5.00. The van der Waals surface area contributed by atoms with E-state index in [1.807, 2.05) is 12.1 Å². The van der Waals surface area contributed by atoms with E-state index in [-0.39, 0.29) is 24.9 Å². The van der Waals surface area contributed by atoms with Gasteiger partial charge in [0, 0.05) is 19.5 Å². The zero-order chi connectivity index (χ0) is 10.1. The van der Waals surface area contributed by atoms with Gasteiger partial charge in [0.2, 0.25) is 0 Å². The fraction of sp³-hybridized carbons (Fsp3) is 0.400. The molecule has 74 valence electrons. The molecule has 0 saturated heterocycles. The maximum Gasteiger partial charge on any atom is 0.186 e. The monoisotopic (exact) mass is 262 g/mol. The minimum Gasteiger partial charge on any atom is -0.302 e. The Balaban J connectivity index is 0.00000169. The molecule has 0 amide bonds. The molecule has 1 atom stereocenters. The average Bonchev–Trinajstić information content (AvgIpc) is 2.03. The van der Waals surface area contributed by atoms with Crippen molar-refractivity contribution in [2.75, 3.05) is 0 Å². The molecule has 0 bridgehead atoms. The fourth-order valence-corrected chi connectivity index (χ4v) is 1.49. The normalized spacial score (nSPS) is 13.1. The van der Waals surface area contributed by atoms with Gasteiger partial charge in [-0.05, 0) is 23.1 Å². The first-order valence-corrected chi connectivity index (χ1v) is 5.23. The molecule has 0 heterocycles. The summed E-state index contributed by atoms with van der Waals surface area (Å²) in [5.41, 5.74) is 1.10. The standard InChI is InChI=1S/C10H14O2S.Zn/c1-10(2,3)8-5-4-6-9(7-8)13(11)12;/h4-7H,1-3H3,(H,11,12);. The van der Waals surface area contributed by atoms with Crippen molar-refractivity contribution in [3.8, 4) is 0 Å². The Morgan fingerprint density at radius 1 is 1.29 bits per heavy atom. The zero-order valence-corrected chi connectivity index (χ0v) is 12.6. The molecule has 1 unspecified atom stereocenters. The summed E-state index contributed by atoms with van der Waals surface area (Å²) >= 11 is -1.87. The summed E-state index contributed by atoms with van der Waals surface area (Å²) in [6.45, 7) is 6.23. The summed E-state index contributed by atoms with van der Waals surface area (Å²) in [5.74, 6) is 0. The molecule has 0 fully saturated rings. The molecule has 0 saturated carbocycles. The quantitative estimate of drug-likeness (QED) is 0.625. The van der Waals surface area contributed by atoms with Crippen LogP contribution in [0.3, 0.4) is 0 Å². The third-order valence-electron chi connectivity index (χ3n) is 1.90. The first-order chi connectivity index (χ1) is 5.91. The molecule has 1 rings (SSSR count). The van der Waals surface area contributed by atoms with E-state index in [0.29, 0.717) is 4.90 Å². The van der Waals surface area contributed by atoms with Crippen molar-refractivity contribution in [1.82, 2.24) is 0 Å². The van der Waals surface area contributed by atoms with E-state index in [4.69, 9.17) is 4.55 Å². The zero-order valence-electron chi connectivity index (χ0n) is 8.78. The number of hydrogen-bond donors (Lipinski definition) is 1. The SMILES string of the molecule is CC(C)(C)c1cccc(S(=O)O)c1.[Zn]. The van der Waals surface area contributed by atoms with E-state index >= 15 is 0 Å². The van der Waals surface area contributed by atoms with Crippen LogP contribution in [0.2, 0.25) is 0 Å². The number of hydrogen-bond acceptors (Lipinski definition) is 1. The summed E-state index contributed by atoms with van der Waals surface area (Å²) in [6, 6.07) is 7.21. The Kier molecular flexibility index (Phi) is 5.14. The Bertz CT molecular complexity index is 331. The number of rotatable bonds is 1. The minimum absolute atomic E-state index is 0. The van der Waals surface area contributed by atoms with Gasteiger partial charge in [-0.25, -0.2) is 4.21 Å². The van der Waals surface area contributed by atoms with Gasteiger partial charge in [0.05, 0.1) is 4.90 Å². The van der Waals surface area contributed by atoms with E-state index in [0.717, 1.165) is 5.56 Å². The summed E-state index contributed by atoms with van der Waals surface area (Å²) in [5, 5.41) is 0. The van der Waals surface area contributed by atoms with E-state index < -0.39 is 11.1 Å². The molecule has 1 aromatic rings. The van der Waals surface area contributed by atoms with E-state index in [9.17, 15) is 4.21 Å². The van der Waals surface area contributed by atoms with Crippen LogP contribution in [-0.4, -0.2) is 8.76 Å². The van der Waals surface area contributed by atoms with E-state index in [2.05, 4.69) is 20.8 Å². The van der Waals surface area contributed by atoms with Gasteiger partial charge in [0.15, 0.2) is 11.1 Å². The summed E-state index contributed by atoms with van der Waals surface area (Å²) in [7, 11) is 0. The molecule has 0 spiro atoms. The van der Waals surface area contributed by atoms with Crippen molar-refractivity contribution in [2.24, 2.45) is 0 Å². The Labute approximate surface area is 100 Å². The van der Waals surface area contributed by atoms with Gasteiger partial charge in [-0.15, -0.1) is 0 Å². The van der Waals surface area contributed by atoms with Crippen molar-refractivity contribution < 1.29 is 28.2 Å². The van der Waals surface area contributed by atoms with Crippen LogP contribution >= 0.6 is 0 Å². The molecule has 0 aliphatic heterocycles. The molecule has 4 heteroatoms. The molecule has 14 heavy (non-hydrogen) atoms. The molecule has 0 aromatic heterocycles. The molecule has 0 aliphatic carbocycles. The van der Waals surface area contributed by atoms with Gasteiger partial charge >= 0.3 is 0 Å². The Morgan fingerprint density at radius 3 is 2.29 bits per heavy atom. The molecule has 1 aromatic carbocycles. The second kappa shape index (κ2) is 5.15. The molecule has 2 nitrogen and oxygen atoms in total. The first kappa shape index (κ1) is 14.0. The summed E-state index contributed by atoms with van der Waals surface area (Å²) < 4.78 is 19.7. The van der Waals surface area contributed by atoms with Gasteiger partial charge in [0.1, 0.15) is 0 Å². The molecule has 0 aliphatic rings. The van der Waals surface area contributed by atoms with Crippen LogP contribution in [-0.2, 0) is 36.0 Å². The molecule has 0 radical (unpaired) electrons.